The smallest absolute Gasteiger partial charge is 0.305 e. The molecule has 1 aromatic carbocycles. The van der Waals surface area contributed by atoms with Gasteiger partial charge in [0.15, 0.2) is 5.13 Å². The van der Waals surface area contributed by atoms with Gasteiger partial charge in [0.05, 0.1) is 19.2 Å². The molecule has 2 rings (SSSR count). The molecule has 0 atom stereocenters. The third-order valence-electron chi connectivity index (χ3n) is 2.77. The number of benzene rings is 1. The van der Waals surface area contributed by atoms with Crippen LogP contribution in [0.25, 0.3) is 0 Å². The maximum atomic E-state index is 11.1. The van der Waals surface area contributed by atoms with Gasteiger partial charge in [-0.3, -0.25) is 4.79 Å². The fourth-order valence-electron chi connectivity index (χ4n) is 1.66. The Hall–Kier alpha value is -1.40. The molecule has 1 heterocycles. The van der Waals surface area contributed by atoms with Gasteiger partial charge in [-0.1, -0.05) is 15.9 Å². The van der Waals surface area contributed by atoms with Crippen molar-refractivity contribution in [2.45, 2.75) is 19.8 Å². The molecule has 0 aliphatic rings. The molecular formula is C14H15BrN2O2S. The van der Waals surface area contributed by atoms with Crippen molar-refractivity contribution in [2.75, 3.05) is 12.4 Å². The molecule has 0 fully saturated rings. The zero-order valence-electron chi connectivity index (χ0n) is 11.3. The first-order chi connectivity index (χ1) is 9.58. The minimum atomic E-state index is -0.212. The number of aromatic nitrogens is 1. The summed E-state index contributed by atoms with van der Waals surface area (Å²) in [6.45, 7) is 2.04. The van der Waals surface area contributed by atoms with Gasteiger partial charge in [0.2, 0.25) is 0 Å². The van der Waals surface area contributed by atoms with Crippen molar-refractivity contribution in [3.8, 4) is 0 Å². The summed E-state index contributed by atoms with van der Waals surface area (Å²) in [5.74, 6) is -0.212. The Morgan fingerprint density at radius 3 is 3.00 bits per heavy atom. The second-order valence-electron chi connectivity index (χ2n) is 4.31. The number of halogens is 1. The number of carbonyl (C=O) groups excluding carboxylic acids is 1. The van der Waals surface area contributed by atoms with Crippen LogP contribution in [-0.2, 0) is 16.0 Å². The maximum absolute atomic E-state index is 11.1. The Labute approximate surface area is 130 Å². The van der Waals surface area contributed by atoms with Gasteiger partial charge in [-0.2, -0.15) is 0 Å². The second kappa shape index (κ2) is 6.85. The molecule has 0 radical (unpaired) electrons. The van der Waals surface area contributed by atoms with Crippen LogP contribution in [0.3, 0.4) is 0 Å². The number of carbonyl (C=O) groups is 1. The molecule has 106 valence electrons. The summed E-state index contributed by atoms with van der Waals surface area (Å²) in [6, 6.07) is 6.05. The van der Waals surface area contributed by atoms with Gasteiger partial charge >= 0.3 is 5.97 Å². The second-order valence-corrected chi connectivity index (χ2v) is 6.02. The largest absolute Gasteiger partial charge is 0.469 e. The van der Waals surface area contributed by atoms with E-state index in [1.807, 2.05) is 24.4 Å². The Bertz CT molecular complexity index is 613. The van der Waals surface area contributed by atoms with Crippen LogP contribution in [0.2, 0.25) is 0 Å². The van der Waals surface area contributed by atoms with Crippen LogP contribution in [0.4, 0.5) is 10.8 Å². The number of rotatable bonds is 5. The number of aryl methyl sites for hydroxylation is 2. The number of ether oxygens (including phenoxy) is 1. The van der Waals surface area contributed by atoms with Gasteiger partial charge in [-0.25, -0.2) is 4.98 Å². The lowest BCUT2D eigenvalue weighted by Gasteiger charge is -2.04. The summed E-state index contributed by atoms with van der Waals surface area (Å²) in [4.78, 5) is 15.5. The van der Waals surface area contributed by atoms with Crippen LogP contribution in [0, 0.1) is 6.92 Å². The average Bonchev–Trinajstić information content (AvgIpc) is 2.88. The van der Waals surface area contributed by atoms with Crippen molar-refractivity contribution < 1.29 is 9.53 Å². The Morgan fingerprint density at radius 2 is 2.30 bits per heavy atom. The molecule has 0 aliphatic heterocycles. The highest BCUT2D eigenvalue weighted by molar-refractivity contribution is 9.10. The number of nitrogens with one attached hydrogen (secondary N) is 1. The summed E-state index contributed by atoms with van der Waals surface area (Å²) in [5, 5.41) is 6.05. The summed E-state index contributed by atoms with van der Waals surface area (Å²) < 4.78 is 5.70. The highest BCUT2D eigenvalue weighted by atomic mass is 79.9. The third kappa shape index (κ3) is 4.05. The van der Waals surface area contributed by atoms with Gasteiger partial charge in [-0.05, 0) is 30.7 Å². The molecule has 0 unspecified atom stereocenters. The fourth-order valence-corrected chi connectivity index (χ4v) is 2.67. The lowest BCUT2D eigenvalue weighted by molar-refractivity contribution is -0.140. The molecule has 4 nitrogen and oxygen atoms in total. The lowest BCUT2D eigenvalue weighted by Crippen LogP contribution is -2.02. The van der Waals surface area contributed by atoms with E-state index in [9.17, 15) is 4.79 Å². The first-order valence-electron chi connectivity index (χ1n) is 6.13. The average molecular weight is 355 g/mol. The molecule has 20 heavy (non-hydrogen) atoms. The van der Waals surface area contributed by atoms with Crippen molar-refractivity contribution in [3.63, 3.8) is 0 Å². The van der Waals surface area contributed by atoms with E-state index >= 15 is 0 Å². The van der Waals surface area contributed by atoms with Crippen molar-refractivity contribution in [1.29, 1.82) is 0 Å². The van der Waals surface area contributed by atoms with E-state index in [0.29, 0.717) is 12.8 Å². The fraction of sp³-hybridized carbons (Fsp3) is 0.286. The Balaban J connectivity index is 1.98. The van der Waals surface area contributed by atoms with E-state index in [1.165, 1.54) is 18.4 Å². The van der Waals surface area contributed by atoms with Gasteiger partial charge in [0.25, 0.3) is 0 Å². The predicted molar refractivity (Wildman–Crippen MR) is 84.6 cm³/mol. The van der Waals surface area contributed by atoms with Crippen molar-refractivity contribution >= 4 is 44.1 Å². The molecule has 1 aromatic heterocycles. The van der Waals surface area contributed by atoms with Crippen molar-refractivity contribution in [1.82, 2.24) is 4.98 Å². The molecule has 0 bridgehead atoms. The normalized spacial score (nSPS) is 10.3. The number of hydrogen-bond donors (Lipinski definition) is 1. The highest BCUT2D eigenvalue weighted by Crippen LogP contribution is 2.25. The highest BCUT2D eigenvalue weighted by Gasteiger charge is 2.06. The standard InChI is InChI=1S/C14H15BrN2O2S/c1-9-7-10(3-5-12(9)15)16-14-17-11(8-20-14)4-6-13(18)19-2/h3,5,7-8H,4,6H2,1-2H3,(H,16,17). The van der Waals surface area contributed by atoms with Crippen LogP contribution in [0.15, 0.2) is 28.1 Å². The number of anilines is 2. The van der Waals surface area contributed by atoms with E-state index in [2.05, 4.69) is 37.0 Å². The molecule has 0 amide bonds. The summed E-state index contributed by atoms with van der Waals surface area (Å²) in [5.41, 5.74) is 3.06. The number of nitrogens with zero attached hydrogens (tertiary/aromatic N) is 1. The van der Waals surface area contributed by atoms with Gasteiger partial charge in [-0.15, -0.1) is 11.3 Å². The molecule has 1 N–H and O–H groups in total. The van der Waals surface area contributed by atoms with E-state index in [1.54, 1.807) is 0 Å². The molecule has 0 saturated heterocycles. The number of hydrogen-bond acceptors (Lipinski definition) is 5. The van der Waals surface area contributed by atoms with E-state index in [0.717, 1.165) is 26.5 Å². The van der Waals surface area contributed by atoms with Crippen molar-refractivity contribution in [2.24, 2.45) is 0 Å². The quantitative estimate of drug-likeness (QED) is 0.822. The van der Waals surface area contributed by atoms with Gasteiger partial charge < -0.3 is 10.1 Å². The predicted octanol–water partition coefficient (Wildman–Crippen LogP) is 4.06. The van der Waals surface area contributed by atoms with Crippen LogP contribution >= 0.6 is 27.3 Å². The Morgan fingerprint density at radius 1 is 1.50 bits per heavy atom. The first-order valence-corrected chi connectivity index (χ1v) is 7.80. The Kier molecular flexibility index (Phi) is 5.14. The minimum Gasteiger partial charge on any atom is -0.469 e. The topological polar surface area (TPSA) is 51.2 Å². The SMILES string of the molecule is COC(=O)CCc1csc(Nc2ccc(Br)c(C)c2)n1. The lowest BCUT2D eigenvalue weighted by atomic mass is 10.2. The first kappa shape index (κ1) is 15.0. The van der Waals surface area contributed by atoms with Crippen LogP contribution in [0.1, 0.15) is 17.7 Å². The van der Waals surface area contributed by atoms with E-state index in [4.69, 9.17) is 0 Å². The van der Waals surface area contributed by atoms with Crippen LogP contribution < -0.4 is 5.32 Å². The van der Waals surface area contributed by atoms with Gasteiger partial charge in [0, 0.05) is 22.0 Å². The van der Waals surface area contributed by atoms with E-state index < -0.39 is 0 Å². The van der Waals surface area contributed by atoms with Crippen LogP contribution in [0.5, 0.6) is 0 Å². The van der Waals surface area contributed by atoms with Gasteiger partial charge in [0.1, 0.15) is 0 Å². The summed E-state index contributed by atoms with van der Waals surface area (Å²) in [7, 11) is 1.40. The third-order valence-corrected chi connectivity index (χ3v) is 4.47. The number of thiazole rings is 1. The maximum Gasteiger partial charge on any atom is 0.305 e. The minimum absolute atomic E-state index is 0.212. The molecule has 0 spiro atoms. The number of methoxy groups -OCH3 is 1. The molecule has 2 aromatic rings. The zero-order chi connectivity index (χ0) is 14.5. The molecule has 0 aliphatic carbocycles. The molecule has 6 heteroatoms. The van der Waals surface area contributed by atoms with E-state index in [-0.39, 0.29) is 5.97 Å². The van der Waals surface area contributed by atoms with Crippen molar-refractivity contribution in [3.05, 3.63) is 39.3 Å². The van der Waals surface area contributed by atoms with Crippen LogP contribution in [-0.4, -0.2) is 18.1 Å². The monoisotopic (exact) mass is 354 g/mol. The number of esters is 1. The summed E-state index contributed by atoms with van der Waals surface area (Å²) >= 11 is 5.00. The molecular weight excluding hydrogens is 340 g/mol. The molecule has 0 saturated carbocycles. The zero-order valence-corrected chi connectivity index (χ0v) is 13.7. The summed E-state index contributed by atoms with van der Waals surface area (Å²) in [6.07, 6.45) is 0.960.